The lowest BCUT2D eigenvalue weighted by Crippen LogP contribution is -2.41. The number of nitrogens with zero attached hydrogens (tertiary/aromatic N) is 1. The summed E-state index contributed by atoms with van der Waals surface area (Å²) in [6, 6.07) is 4.27. The van der Waals surface area contributed by atoms with Crippen molar-refractivity contribution in [3.05, 3.63) is 24.2 Å². The summed E-state index contributed by atoms with van der Waals surface area (Å²) in [5.74, 6) is 2.52. The Hall–Kier alpha value is -1.45. The van der Waals surface area contributed by atoms with E-state index in [9.17, 15) is 0 Å². The molecular weight excluding hydrogens is 238 g/mol. The lowest BCUT2D eigenvalue weighted by atomic mass is 10.0. The summed E-state index contributed by atoms with van der Waals surface area (Å²) in [6.45, 7) is 7.38. The maximum atomic E-state index is 5.28. The van der Waals surface area contributed by atoms with E-state index in [4.69, 9.17) is 4.42 Å². The van der Waals surface area contributed by atoms with Crippen LogP contribution in [-0.2, 0) is 6.54 Å². The SMILES string of the molecule is CN=C(NCc1ccco1)NC(C)CCCC(C)C. The quantitative estimate of drug-likeness (QED) is 0.588. The van der Waals surface area contributed by atoms with E-state index in [1.807, 2.05) is 12.1 Å². The first-order valence-corrected chi connectivity index (χ1v) is 7.11. The Kier molecular flexibility index (Phi) is 7.08. The van der Waals surface area contributed by atoms with Gasteiger partial charge in [0.25, 0.3) is 0 Å². The fourth-order valence-electron chi connectivity index (χ4n) is 1.92. The lowest BCUT2D eigenvalue weighted by molar-refractivity contribution is 0.484. The van der Waals surface area contributed by atoms with E-state index < -0.39 is 0 Å². The minimum absolute atomic E-state index is 0.432. The molecular formula is C15H27N3O. The van der Waals surface area contributed by atoms with Gasteiger partial charge in [0, 0.05) is 13.1 Å². The molecule has 1 heterocycles. The summed E-state index contributed by atoms with van der Waals surface area (Å²) in [6.07, 6.45) is 5.38. The molecule has 1 aromatic heterocycles. The molecule has 1 aromatic rings. The highest BCUT2D eigenvalue weighted by atomic mass is 16.3. The molecule has 2 N–H and O–H groups in total. The number of guanidine groups is 1. The van der Waals surface area contributed by atoms with Crippen LogP contribution in [0.1, 0.15) is 45.8 Å². The van der Waals surface area contributed by atoms with E-state index in [0.29, 0.717) is 12.6 Å². The second-order valence-electron chi connectivity index (χ2n) is 5.38. The van der Waals surface area contributed by atoms with Gasteiger partial charge >= 0.3 is 0 Å². The molecule has 0 spiro atoms. The van der Waals surface area contributed by atoms with Crippen molar-refractivity contribution in [2.45, 2.75) is 52.6 Å². The molecule has 0 aliphatic carbocycles. The minimum Gasteiger partial charge on any atom is -0.467 e. The second-order valence-corrected chi connectivity index (χ2v) is 5.38. The van der Waals surface area contributed by atoms with Gasteiger partial charge in [0.05, 0.1) is 12.8 Å². The highest BCUT2D eigenvalue weighted by Crippen LogP contribution is 2.08. The molecule has 0 fully saturated rings. The Bertz CT molecular complexity index is 357. The van der Waals surface area contributed by atoms with Crippen molar-refractivity contribution in [2.24, 2.45) is 10.9 Å². The van der Waals surface area contributed by atoms with Crippen LogP contribution in [0.2, 0.25) is 0 Å². The third kappa shape index (κ3) is 6.89. The van der Waals surface area contributed by atoms with Gasteiger partial charge in [0.15, 0.2) is 5.96 Å². The Labute approximate surface area is 116 Å². The van der Waals surface area contributed by atoms with Gasteiger partial charge in [-0.05, 0) is 31.4 Å². The molecule has 0 saturated heterocycles. The third-order valence-corrected chi connectivity index (χ3v) is 3.04. The minimum atomic E-state index is 0.432. The average molecular weight is 265 g/mol. The first kappa shape index (κ1) is 15.6. The van der Waals surface area contributed by atoms with E-state index in [0.717, 1.165) is 17.6 Å². The van der Waals surface area contributed by atoms with Crippen molar-refractivity contribution in [3.8, 4) is 0 Å². The van der Waals surface area contributed by atoms with Crippen LogP contribution in [0, 0.1) is 5.92 Å². The number of hydrogen-bond donors (Lipinski definition) is 2. The number of furan rings is 1. The second kappa shape index (κ2) is 8.62. The fourth-order valence-corrected chi connectivity index (χ4v) is 1.92. The molecule has 0 aliphatic rings. The summed E-state index contributed by atoms with van der Waals surface area (Å²) in [5, 5.41) is 6.65. The van der Waals surface area contributed by atoms with Crippen LogP contribution in [0.3, 0.4) is 0 Å². The van der Waals surface area contributed by atoms with Crippen LogP contribution >= 0.6 is 0 Å². The average Bonchev–Trinajstić information content (AvgIpc) is 2.87. The first-order chi connectivity index (χ1) is 9.11. The molecule has 0 amide bonds. The van der Waals surface area contributed by atoms with Crippen molar-refractivity contribution >= 4 is 5.96 Å². The smallest absolute Gasteiger partial charge is 0.191 e. The van der Waals surface area contributed by atoms with Gasteiger partial charge in [-0.25, -0.2) is 0 Å². The zero-order valence-electron chi connectivity index (χ0n) is 12.6. The van der Waals surface area contributed by atoms with Gasteiger partial charge in [-0.3, -0.25) is 4.99 Å². The topological polar surface area (TPSA) is 49.6 Å². The van der Waals surface area contributed by atoms with Crippen molar-refractivity contribution < 1.29 is 4.42 Å². The summed E-state index contributed by atoms with van der Waals surface area (Å²) >= 11 is 0. The number of hydrogen-bond acceptors (Lipinski definition) is 2. The first-order valence-electron chi connectivity index (χ1n) is 7.11. The third-order valence-electron chi connectivity index (χ3n) is 3.04. The molecule has 0 aliphatic heterocycles. The standard InChI is InChI=1S/C15H27N3O/c1-12(2)7-5-8-13(3)18-15(16-4)17-11-14-9-6-10-19-14/h6,9-10,12-13H,5,7-8,11H2,1-4H3,(H2,16,17,18). The number of rotatable bonds is 7. The highest BCUT2D eigenvalue weighted by Gasteiger charge is 2.06. The van der Waals surface area contributed by atoms with Gasteiger partial charge in [0.1, 0.15) is 5.76 Å². The van der Waals surface area contributed by atoms with Gasteiger partial charge in [-0.1, -0.05) is 26.7 Å². The molecule has 108 valence electrons. The van der Waals surface area contributed by atoms with Crippen LogP contribution in [0.15, 0.2) is 27.8 Å². The molecule has 4 heteroatoms. The van der Waals surface area contributed by atoms with Crippen molar-refractivity contribution in [2.75, 3.05) is 7.05 Å². The van der Waals surface area contributed by atoms with E-state index in [1.54, 1.807) is 13.3 Å². The van der Waals surface area contributed by atoms with Crippen molar-refractivity contribution in [3.63, 3.8) is 0 Å². The normalized spacial score (nSPS) is 13.6. The van der Waals surface area contributed by atoms with Gasteiger partial charge in [-0.2, -0.15) is 0 Å². The largest absolute Gasteiger partial charge is 0.467 e. The Morgan fingerprint density at radius 3 is 2.68 bits per heavy atom. The van der Waals surface area contributed by atoms with Gasteiger partial charge in [-0.15, -0.1) is 0 Å². The summed E-state index contributed by atoms with van der Waals surface area (Å²) in [5.41, 5.74) is 0. The lowest BCUT2D eigenvalue weighted by Gasteiger charge is -2.17. The van der Waals surface area contributed by atoms with Crippen LogP contribution < -0.4 is 10.6 Å². The number of aliphatic imine (C=N–C) groups is 1. The van der Waals surface area contributed by atoms with Crippen molar-refractivity contribution in [1.29, 1.82) is 0 Å². The summed E-state index contributed by atoms with van der Waals surface area (Å²) in [7, 11) is 1.79. The molecule has 4 nitrogen and oxygen atoms in total. The molecule has 0 aromatic carbocycles. The molecule has 1 atom stereocenters. The highest BCUT2D eigenvalue weighted by molar-refractivity contribution is 5.79. The maximum absolute atomic E-state index is 5.28. The predicted molar refractivity (Wildman–Crippen MR) is 80.2 cm³/mol. The Balaban J connectivity index is 2.24. The molecule has 0 saturated carbocycles. The fraction of sp³-hybridized carbons (Fsp3) is 0.667. The molecule has 0 radical (unpaired) electrons. The van der Waals surface area contributed by atoms with Crippen LogP contribution in [0.4, 0.5) is 0 Å². The van der Waals surface area contributed by atoms with Crippen LogP contribution in [0.5, 0.6) is 0 Å². The summed E-state index contributed by atoms with van der Waals surface area (Å²) < 4.78 is 5.28. The Morgan fingerprint density at radius 1 is 1.32 bits per heavy atom. The van der Waals surface area contributed by atoms with Gasteiger partial charge in [0.2, 0.25) is 0 Å². The van der Waals surface area contributed by atoms with E-state index in [-0.39, 0.29) is 0 Å². The monoisotopic (exact) mass is 265 g/mol. The zero-order valence-corrected chi connectivity index (χ0v) is 12.6. The number of nitrogens with one attached hydrogen (secondary N) is 2. The van der Waals surface area contributed by atoms with Gasteiger partial charge < -0.3 is 15.1 Å². The summed E-state index contributed by atoms with van der Waals surface area (Å²) in [4.78, 5) is 4.22. The molecule has 1 unspecified atom stereocenters. The van der Waals surface area contributed by atoms with Crippen LogP contribution in [-0.4, -0.2) is 19.0 Å². The van der Waals surface area contributed by atoms with E-state index in [1.165, 1.54) is 19.3 Å². The van der Waals surface area contributed by atoms with E-state index in [2.05, 4.69) is 36.4 Å². The maximum Gasteiger partial charge on any atom is 0.191 e. The predicted octanol–water partition coefficient (Wildman–Crippen LogP) is 3.16. The Morgan fingerprint density at radius 2 is 2.11 bits per heavy atom. The van der Waals surface area contributed by atoms with Crippen LogP contribution in [0.25, 0.3) is 0 Å². The molecule has 0 bridgehead atoms. The molecule has 1 rings (SSSR count). The molecule has 19 heavy (non-hydrogen) atoms. The van der Waals surface area contributed by atoms with Crippen molar-refractivity contribution in [1.82, 2.24) is 10.6 Å². The zero-order chi connectivity index (χ0) is 14.1. The van der Waals surface area contributed by atoms with E-state index >= 15 is 0 Å².